The van der Waals surface area contributed by atoms with E-state index in [4.69, 9.17) is 9.84 Å². The fourth-order valence-electron chi connectivity index (χ4n) is 1.97. The van der Waals surface area contributed by atoms with Crippen molar-refractivity contribution in [2.24, 2.45) is 0 Å². The Bertz CT molecular complexity index is 576. The number of benzene rings is 2. The molecular weight excluding hydrogens is 240 g/mol. The van der Waals surface area contributed by atoms with Gasteiger partial charge in [0.15, 0.2) is 0 Å². The molecule has 0 aliphatic carbocycles. The van der Waals surface area contributed by atoms with Crippen molar-refractivity contribution in [3.05, 3.63) is 54.1 Å². The van der Waals surface area contributed by atoms with Crippen LogP contribution in [0.5, 0.6) is 5.75 Å². The van der Waals surface area contributed by atoms with Crippen LogP contribution in [-0.4, -0.2) is 17.7 Å². The first-order chi connectivity index (χ1) is 9.19. The van der Waals surface area contributed by atoms with E-state index < -0.39 is 5.97 Å². The van der Waals surface area contributed by atoms with Crippen LogP contribution in [-0.2, 0) is 11.2 Å². The number of ether oxygens (including phenoxy) is 1. The van der Waals surface area contributed by atoms with E-state index >= 15 is 0 Å². The normalized spacial score (nSPS) is 10.2. The van der Waals surface area contributed by atoms with Crippen LogP contribution in [0.4, 0.5) is 0 Å². The van der Waals surface area contributed by atoms with Crippen molar-refractivity contribution in [1.82, 2.24) is 0 Å². The zero-order valence-corrected chi connectivity index (χ0v) is 10.8. The fraction of sp³-hybridized carbons (Fsp3) is 0.188. The molecule has 1 N–H and O–H groups in total. The number of hydrogen-bond acceptors (Lipinski definition) is 2. The maximum absolute atomic E-state index is 10.7. The Balaban J connectivity index is 2.30. The maximum atomic E-state index is 10.7. The molecule has 0 aromatic heterocycles. The van der Waals surface area contributed by atoms with Gasteiger partial charge in [0.05, 0.1) is 13.0 Å². The van der Waals surface area contributed by atoms with Crippen molar-refractivity contribution in [3.63, 3.8) is 0 Å². The van der Waals surface area contributed by atoms with Crippen LogP contribution >= 0.6 is 0 Å². The van der Waals surface area contributed by atoms with E-state index in [1.54, 1.807) is 0 Å². The van der Waals surface area contributed by atoms with E-state index in [0.717, 1.165) is 22.4 Å². The minimum atomic E-state index is -0.819. The van der Waals surface area contributed by atoms with E-state index in [1.807, 2.05) is 55.5 Å². The molecular formula is C16H16O3. The van der Waals surface area contributed by atoms with Gasteiger partial charge < -0.3 is 9.84 Å². The summed E-state index contributed by atoms with van der Waals surface area (Å²) in [4.78, 5) is 10.7. The molecule has 0 radical (unpaired) electrons. The maximum Gasteiger partial charge on any atom is 0.307 e. The Labute approximate surface area is 112 Å². The van der Waals surface area contributed by atoms with E-state index in [-0.39, 0.29) is 6.42 Å². The molecule has 19 heavy (non-hydrogen) atoms. The van der Waals surface area contributed by atoms with Gasteiger partial charge in [-0.3, -0.25) is 4.79 Å². The summed E-state index contributed by atoms with van der Waals surface area (Å²) in [5.41, 5.74) is 2.82. The average molecular weight is 256 g/mol. The molecule has 98 valence electrons. The summed E-state index contributed by atoms with van der Waals surface area (Å²) < 4.78 is 5.47. The van der Waals surface area contributed by atoms with Crippen molar-refractivity contribution < 1.29 is 14.6 Å². The van der Waals surface area contributed by atoms with E-state index in [9.17, 15) is 4.79 Å². The van der Waals surface area contributed by atoms with Crippen LogP contribution in [0.15, 0.2) is 48.5 Å². The average Bonchev–Trinajstić information content (AvgIpc) is 2.39. The third-order valence-corrected chi connectivity index (χ3v) is 2.76. The second kappa shape index (κ2) is 6.05. The smallest absolute Gasteiger partial charge is 0.307 e. The Morgan fingerprint density at radius 1 is 1.11 bits per heavy atom. The van der Waals surface area contributed by atoms with E-state index in [0.29, 0.717) is 6.61 Å². The first-order valence-corrected chi connectivity index (χ1v) is 6.23. The molecule has 0 bridgehead atoms. The molecule has 3 nitrogen and oxygen atoms in total. The Hall–Kier alpha value is -2.29. The van der Waals surface area contributed by atoms with Crippen molar-refractivity contribution in [1.29, 1.82) is 0 Å². The molecule has 0 fully saturated rings. The number of carboxylic acid groups (broad SMARTS) is 1. The number of hydrogen-bond donors (Lipinski definition) is 1. The Kier molecular flexibility index (Phi) is 4.18. The van der Waals surface area contributed by atoms with Crippen LogP contribution in [0.2, 0.25) is 0 Å². The first kappa shape index (κ1) is 13.1. The summed E-state index contributed by atoms with van der Waals surface area (Å²) in [5.74, 6) is 0.00357. The van der Waals surface area contributed by atoms with Crippen LogP contribution in [0, 0.1) is 0 Å². The molecule has 0 heterocycles. The van der Waals surface area contributed by atoms with Gasteiger partial charge in [0.25, 0.3) is 0 Å². The molecule has 0 spiro atoms. The van der Waals surface area contributed by atoms with Crippen molar-refractivity contribution in [2.75, 3.05) is 6.61 Å². The van der Waals surface area contributed by atoms with Crippen LogP contribution < -0.4 is 4.74 Å². The fourth-order valence-corrected chi connectivity index (χ4v) is 1.97. The molecule has 0 atom stereocenters. The number of aliphatic carboxylic acids is 1. The Morgan fingerprint density at radius 3 is 2.47 bits per heavy atom. The predicted octanol–water partition coefficient (Wildman–Crippen LogP) is 3.38. The lowest BCUT2D eigenvalue weighted by atomic mass is 10.0. The lowest BCUT2D eigenvalue weighted by Gasteiger charge is -2.07. The highest BCUT2D eigenvalue weighted by Crippen LogP contribution is 2.24. The van der Waals surface area contributed by atoms with Gasteiger partial charge in [0.1, 0.15) is 5.75 Å². The monoisotopic (exact) mass is 256 g/mol. The van der Waals surface area contributed by atoms with Gasteiger partial charge in [0, 0.05) is 0 Å². The van der Waals surface area contributed by atoms with Crippen LogP contribution in [0.1, 0.15) is 12.5 Å². The second-order valence-electron chi connectivity index (χ2n) is 4.23. The van der Waals surface area contributed by atoms with Crippen LogP contribution in [0.3, 0.4) is 0 Å². The number of rotatable bonds is 5. The molecule has 0 saturated heterocycles. The summed E-state index contributed by atoms with van der Waals surface area (Å²) in [6.45, 7) is 2.57. The van der Waals surface area contributed by atoms with Crippen molar-refractivity contribution in [3.8, 4) is 16.9 Å². The van der Waals surface area contributed by atoms with E-state index in [2.05, 4.69) is 0 Å². The topological polar surface area (TPSA) is 46.5 Å². The van der Waals surface area contributed by atoms with Crippen LogP contribution in [0.25, 0.3) is 11.1 Å². The SMILES string of the molecule is CCOc1cccc(-c2cccc(CC(=O)O)c2)c1. The minimum Gasteiger partial charge on any atom is -0.494 e. The third-order valence-electron chi connectivity index (χ3n) is 2.76. The molecule has 0 aliphatic heterocycles. The van der Waals surface area contributed by atoms with Gasteiger partial charge in [0.2, 0.25) is 0 Å². The highest BCUT2D eigenvalue weighted by Gasteiger charge is 2.04. The van der Waals surface area contributed by atoms with Gasteiger partial charge in [-0.2, -0.15) is 0 Å². The van der Waals surface area contributed by atoms with E-state index in [1.165, 1.54) is 0 Å². The lowest BCUT2D eigenvalue weighted by Crippen LogP contribution is -1.99. The minimum absolute atomic E-state index is 0.0407. The lowest BCUT2D eigenvalue weighted by molar-refractivity contribution is -0.136. The quantitative estimate of drug-likeness (QED) is 0.892. The third kappa shape index (κ3) is 3.58. The van der Waals surface area contributed by atoms with Gasteiger partial charge in [-0.05, 0) is 35.7 Å². The molecule has 0 saturated carbocycles. The molecule has 2 aromatic carbocycles. The first-order valence-electron chi connectivity index (χ1n) is 6.23. The highest BCUT2D eigenvalue weighted by atomic mass is 16.5. The number of carboxylic acids is 1. The zero-order chi connectivity index (χ0) is 13.7. The molecule has 2 rings (SSSR count). The standard InChI is InChI=1S/C16H16O3/c1-2-19-15-8-4-7-14(11-15)13-6-3-5-12(9-13)10-16(17)18/h3-9,11H,2,10H2,1H3,(H,17,18). The largest absolute Gasteiger partial charge is 0.494 e. The van der Waals surface area contributed by atoms with Gasteiger partial charge in [-0.15, -0.1) is 0 Å². The van der Waals surface area contributed by atoms with Gasteiger partial charge >= 0.3 is 5.97 Å². The molecule has 0 amide bonds. The summed E-state index contributed by atoms with van der Waals surface area (Å²) in [7, 11) is 0. The molecule has 0 unspecified atom stereocenters. The van der Waals surface area contributed by atoms with Crippen molar-refractivity contribution in [2.45, 2.75) is 13.3 Å². The molecule has 2 aromatic rings. The summed E-state index contributed by atoms with van der Waals surface area (Å²) in [6.07, 6.45) is 0.0407. The predicted molar refractivity (Wildman–Crippen MR) is 74.4 cm³/mol. The molecule has 0 aliphatic rings. The zero-order valence-electron chi connectivity index (χ0n) is 10.8. The summed E-state index contributed by atoms with van der Waals surface area (Å²) in [5, 5.41) is 8.82. The molecule has 3 heteroatoms. The van der Waals surface area contributed by atoms with Gasteiger partial charge in [-0.1, -0.05) is 36.4 Å². The second-order valence-corrected chi connectivity index (χ2v) is 4.23. The summed E-state index contributed by atoms with van der Waals surface area (Å²) >= 11 is 0. The highest BCUT2D eigenvalue weighted by molar-refractivity contribution is 5.72. The van der Waals surface area contributed by atoms with Gasteiger partial charge in [-0.25, -0.2) is 0 Å². The van der Waals surface area contributed by atoms with Crippen molar-refractivity contribution >= 4 is 5.97 Å². The summed E-state index contributed by atoms with van der Waals surface area (Å²) in [6, 6.07) is 15.4. The number of carbonyl (C=O) groups is 1. The Morgan fingerprint density at radius 2 is 1.79 bits per heavy atom.